The van der Waals surface area contributed by atoms with Gasteiger partial charge in [-0.3, -0.25) is 4.98 Å². The monoisotopic (exact) mass is 283 g/mol. The minimum Gasteiger partial charge on any atom is -0.398 e. The number of pyridine rings is 1. The predicted molar refractivity (Wildman–Crippen MR) is 66.7 cm³/mol. The van der Waals surface area contributed by atoms with Gasteiger partial charge in [-0.2, -0.15) is 0 Å². The van der Waals surface area contributed by atoms with Gasteiger partial charge in [0.2, 0.25) is 0 Å². The van der Waals surface area contributed by atoms with E-state index in [1.54, 1.807) is 29.8 Å². The van der Waals surface area contributed by atoms with Crippen LogP contribution in [0.25, 0.3) is 0 Å². The highest BCUT2D eigenvalue weighted by atomic mass is 79.9. The average Bonchev–Trinajstić information content (AvgIpc) is 2.65. The van der Waals surface area contributed by atoms with Crippen LogP contribution in [0.15, 0.2) is 34.4 Å². The van der Waals surface area contributed by atoms with Crippen LogP contribution < -0.4 is 11.5 Å². The summed E-state index contributed by atoms with van der Waals surface area (Å²) in [4.78, 5) is 5.10. The van der Waals surface area contributed by atoms with Gasteiger partial charge in [-0.1, -0.05) is 0 Å². The Kier molecular flexibility index (Phi) is 3.04. The number of nitrogens with zero attached hydrogens (tertiary/aromatic N) is 1. The summed E-state index contributed by atoms with van der Waals surface area (Å²) in [6.07, 6.45) is 3.38. The van der Waals surface area contributed by atoms with Gasteiger partial charge in [-0.05, 0) is 34.1 Å². The first-order valence-corrected chi connectivity index (χ1v) is 5.99. The van der Waals surface area contributed by atoms with Crippen LogP contribution in [0.1, 0.15) is 16.5 Å². The maximum atomic E-state index is 6.10. The van der Waals surface area contributed by atoms with E-state index in [0.717, 1.165) is 14.2 Å². The Labute approximate surface area is 100 Å². The molecule has 0 amide bonds. The first kappa shape index (κ1) is 10.6. The fraction of sp³-hybridized carbons (Fsp3) is 0.100. The Morgan fingerprint density at radius 1 is 1.33 bits per heavy atom. The first-order chi connectivity index (χ1) is 7.18. The molecule has 78 valence electrons. The Bertz CT molecular complexity index is 469. The number of halogens is 1. The number of nitrogen functional groups attached to an aromatic ring is 1. The fourth-order valence-corrected chi connectivity index (χ4v) is 2.77. The highest BCUT2D eigenvalue weighted by molar-refractivity contribution is 9.11. The van der Waals surface area contributed by atoms with Crippen molar-refractivity contribution in [1.82, 2.24) is 4.98 Å². The molecule has 1 atom stereocenters. The maximum absolute atomic E-state index is 6.10. The van der Waals surface area contributed by atoms with Crippen LogP contribution in [-0.2, 0) is 0 Å². The zero-order valence-corrected chi connectivity index (χ0v) is 10.3. The second kappa shape index (κ2) is 4.30. The van der Waals surface area contributed by atoms with E-state index in [1.165, 1.54) is 0 Å². The number of hydrogen-bond acceptors (Lipinski definition) is 4. The van der Waals surface area contributed by atoms with Crippen molar-refractivity contribution in [2.24, 2.45) is 5.73 Å². The molecule has 2 aromatic heterocycles. The summed E-state index contributed by atoms with van der Waals surface area (Å²) in [5.74, 6) is 0. The van der Waals surface area contributed by atoms with Crippen LogP contribution in [0.2, 0.25) is 0 Å². The van der Waals surface area contributed by atoms with E-state index in [0.29, 0.717) is 5.69 Å². The van der Waals surface area contributed by atoms with Crippen molar-refractivity contribution in [1.29, 1.82) is 0 Å². The third-order valence-corrected chi connectivity index (χ3v) is 3.83. The van der Waals surface area contributed by atoms with E-state index in [1.807, 2.05) is 12.1 Å². The van der Waals surface area contributed by atoms with E-state index < -0.39 is 0 Å². The second-order valence-electron chi connectivity index (χ2n) is 3.12. The number of thiophene rings is 1. The van der Waals surface area contributed by atoms with E-state index >= 15 is 0 Å². The highest BCUT2D eigenvalue weighted by Crippen LogP contribution is 2.31. The molecule has 0 saturated carbocycles. The predicted octanol–water partition coefficient (Wildman–Crippen LogP) is 2.54. The summed E-state index contributed by atoms with van der Waals surface area (Å²) in [6, 6.07) is 5.53. The molecule has 0 saturated heterocycles. The van der Waals surface area contributed by atoms with Gasteiger partial charge < -0.3 is 11.5 Å². The molecular formula is C10H10BrN3S. The normalized spacial score (nSPS) is 12.7. The van der Waals surface area contributed by atoms with Gasteiger partial charge in [0.1, 0.15) is 0 Å². The molecule has 0 aromatic carbocycles. The number of rotatable bonds is 2. The standard InChI is InChI=1S/C10H10BrN3S/c11-9-2-1-8(15-9)10(13)6-5-14-4-3-7(6)12/h1-5,10H,13H2,(H2,12,14). The molecule has 2 aromatic rings. The summed E-state index contributed by atoms with van der Waals surface area (Å²) < 4.78 is 1.07. The zero-order valence-electron chi connectivity index (χ0n) is 7.85. The summed E-state index contributed by atoms with van der Waals surface area (Å²) in [5.41, 5.74) is 13.5. The van der Waals surface area contributed by atoms with E-state index in [2.05, 4.69) is 20.9 Å². The van der Waals surface area contributed by atoms with Crippen molar-refractivity contribution >= 4 is 33.0 Å². The molecule has 3 nitrogen and oxygen atoms in total. The van der Waals surface area contributed by atoms with Crippen LogP contribution in [0.3, 0.4) is 0 Å². The van der Waals surface area contributed by atoms with Crippen molar-refractivity contribution < 1.29 is 0 Å². The van der Waals surface area contributed by atoms with Gasteiger partial charge in [-0.15, -0.1) is 11.3 Å². The van der Waals surface area contributed by atoms with Gasteiger partial charge in [0.05, 0.1) is 9.83 Å². The number of anilines is 1. The summed E-state index contributed by atoms with van der Waals surface area (Å²) in [5, 5.41) is 0. The molecule has 0 radical (unpaired) electrons. The number of nitrogens with two attached hydrogens (primary N) is 2. The van der Waals surface area contributed by atoms with Crippen molar-refractivity contribution in [3.05, 3.63) is 44.8 Å². The molecule has 15 heavy (non-hydrogen) atoms. The lowest BCUT2D eigenvalue weighted by Crippen LogP contribution is -2.12. The summed E-state index contributed by atoms with van der Waals surface area (Å²) in [7, 11) is 0. The maximum Gasteiger partial charge on any atom is 0.0702 e. The van der Waals surface area contributed by atoms with Gasteiger partial charge in [-0.25, -0.2) is 0 Å². The van der Waals surface area contributed by atoms with Crippen molar-refractivity contribution in [2.45, 2.75) is 6.04 Å². The summed E-state index contributed by atoms with van der Waals surface area (Å²) >= 11 is 5.02. The third kappa shape index (κ3) is 2.19. The highest BCUT2D eigenvalue weighted by Gasteiger charge is 2.13. The molecule has 0 aliphatic rings. The molecule has 2 heterocycles. The van der Waals surface area contributed by atoms with Crippen LogP contribution >= 0.6 is 27.3 Å². The molecule has 0 bridgehead atoms. The Morgan fingerprint density at radius 3 is 2.73 bits per heavy atom. The molecule has 0 aliphatic heterocycles. The Morgan fingerprint density at radius 2 is 2.13 bits per heavy atom. The average molecular weight is 284 g/mol. The Hall–Kier alpha value is -0.910. The van der Waals surface area contributed by atoms with Gasteiger partial charge in [0, 0.05) is 28.5 Å². The zero-order chi connectivity index (χ0) is 10.8. The Balaban J connectivity index is 2.36. The third-order valence-electron chi connectivity index (χ3n) is 2.12. The molecule has 2 rings (SSSR count). The second-order valence-corrected chi connectivity index (χ2v) is 5.62. The topological polar surface area (TPSA) is 64.9 Å². The van der Waals surface area contributed by atoms with Gasteiger partial charge in [0.25, 0.3) is 0 Å². The van der Waals surface area contributed by atoms with Crippen LogP contribution in [0.4, 0.5) is 5.69 Å². The molecular weight excluding hydrogens is 274 g/mol. The lowest BCUT2D eigenvalue weighted by Gasteiger charge is -2.11. The lowest BCUT2D eigenvalue weighted by molar-refractivity contribution is 0.888. The van der Waals surface area contributed by atoms with Crippen molar-refractivity contribution in [2.75, 3.05) is 5.73 Å². The fourth-order valence-electron chi connectivity index (χ4n) is 1.33. The smallest absolute Gasteiger partial charge is 0.0702 e. The van der Waals surface area contributed by atoms with Gasteiger partial charge >= 0.3 is 0 Å². The molecule has 0 spiro atoms. The number of aromatic nitrogens is 1. The minimum absolute atomic E-state index is 0.199. The van der Waals surface area contributed by atoms with Crippen LogP contribution in [0, 0.1) is 0 Å². The molecule has 1 unspecified atom stereocenters. The largest absolute Gasteiger partial charge is 0.398 e. The summed E-state index contributed by atoms with van der Waals surface area (Å²) in [6.45, 7) is 0. The number of hydrogen-bond donors (Lipinski definition) is 2. The lowest BCUT2D eigenvalue weighted by atomic mass is 10.1. The van der Waals surface area contributed by atoms with Crippen LogP contribution in [-0.4, -0.2) is 4.98 Å². The SMILES string of the molecule is Nc1ccncc1C(N)c1ccc(Br)s1. The molecule has 5 heteroatoms. The van der Waals surface area contributed by atoms with Gasteiger partial charge in [0.15, 0.2) is 0 Å². The first-order valence-electron chi connectivity index (χ1n) is 4.38. The van der Waals surface area contributed by atoms with Crippen LogP contribution in [0.5, 0.6) is 0 Å². The minimum atomic E-state index is -0.199. The van der Waals surface area contributed by atoms with Crippen molar-refractivity contribution in [3.63, 3.8) is 0 Å². The van der Waals surface area contributed by atoms with E-state index in [-0.39, 0.29) is 6.04 Å². The van der Waals surface area contributed by atoms with E-state index in [9.17, 15) is 0 Å². The molecule has 4 N–H and O–H groups in total. The molecule has 0 aliphatic carbocycles. The quantitative estimate of drug-likeness (QED) is 0.890. The molecule has 0 fully saturated rings. The van der Waals surface area contributed by atoms with Crippen molar-refractivity contribution in [3.8, 4) is 0 Å². The van der Waals surface area contributed by atoms with E-state index in [4.69, 9.17) is 11.5 Å².